The van der Waals surface area contributed by atoms with E-state index in [2.05, 4.69) is 51.1 Å². The summed E-state index contributed by atoms with van der Waals surface area (Å²) < 4.78 is 49.5. The normalized spacial score (nSPS) is 45.7. The highest BCUT2D eigenvalue weighted by Crippen LogP contribution is 2.54. The monoisotopic (exact) mass is 731 g/mol. The van der Waals surface area contributed by atoms with Crippen LogP contribution < -0.4 is 0 Å². The van der Waals surface area contributed by atoms with Crippen molar-refractivity contribution in [2.75, 3.05) is 35.4 Å². The van der Waals surface area contributed by atoms with Gasteiger partial charge in [0.1, 0.15) is 24.4 Å². The molecule has 6 aliphatic rings. The van der Waals surface area contributed by atoms with E-state index in [4.69, 9.17) is 37.9 Å². The van der Waals surface area contributed by atoms with Gasteiger partial charge in [0.2, 0.25) is 0 Å². The molecule has 0 aromatic heterocycles. The number of carbonyl (C=O) groups excluding carboxylic acids is 2. The van der Waals surface area contributed by atoms with Crippen LogP contribution in [-0.4, -0.2) is 120 Å². The van der Waals surface area contributed by atoms with Gasteiger partial charge in [0.15, 0.2) is 18.4 Å². The Morgan fingerprint density at radius 1 is 0.827 bits per heavy atom. The molecule has 0 bridgehead atoms. The molecule has 0 aromatic rings. The van der Waals surface area contributed by atoms with Crippen LogP contribution in [0.3, 0.4) is 0 Å². The predicted molar refractivity (Wildman–Crippen MR) is 194 cm³/mol. The minimum Gasteiger partial charge on any atom is -0.462 e. The number of Topliss-reactive ketones (excluding diaryl/α,β-unsaturated/α-hetero) is 1. The van der Waals surface area contributed by atoms with Gasteiger partial charge in [-0.1, -0.05) is 32.1 Å². The number of esters is 1. The van der Waals surface area contributed by atoms with E-state index in [1.807, 2.05) is 13.8 Å². The van der Waals surface area contributed by atoms with Crippen LogP contribution in [0.2, 0.25) is 0 Å². The number of ketones is 1. The first-order valence-electron chi connectivity index (χ1n) is 20.0. The summed E-state index contributed by atoms with van der Waals surface area (Å²) in [5, 5.41) is 0. The molecule has 6 rings (SSSR count). The van der Waals surface area contributed by atoms with E-state index in [1.165, 1.54) is 0 Å². The number of carbonyl (C=O) groups is 2. The highest BCUT2D eigenvalue weighted by atomic mass is 16.7. The molecule has 3 heterocycles. The van der Waals surface area contributed by atoms with Gasteiger partial charge in [-0.05, 0) is 109 Å². The van der Waals surface area contributed by atoms with Crippen molar-refractivity contribution in [2.24, 2.45) is 35.5 Å². The lowest BCUT2D eigenvalue weighted by atomic mass is 9.70. The fourth-order valence-corrected chi connectivity index (χ4v) is 10.4. The zero-order chi connectivity index (χ0) is 37.3. The van der Waals surface area contributed by atoms with Gasteiger partial charge in [-0.15, -0.1) is 0 Å². The van der Waals surface area contributed by atoms with Gasteiger partial charge in [-0.2, -0.15) is 0 Å². The summed E-state index contributed by atoms with van der Waals surface area (Å²) in [7, 11) is 9.15. The molecule has 3 aliphatic carbocycles. The molecular formula is C41H65NO10. The number of allylic oxidation sites excluding steroid dienone is 4. The van der Waals surface area contributed by atoms with E-state index in [0.29, 0.717) is 18.4 Å². The van der Waals surface area contributed by atoms with Crippen LogP contribution in [0.4, 0.5) is 0 Å². The number of hydrogen-bond acceptors (Lipinski definition) is 11. The zero-order valence-corrected chi connectivity index (χ0v) is 32.9. The van der Waals surface area contributed by atoms with Gasteiger partial charge in [0, 0.05) is 39.2 Å². The third kappa shape index (κ3) is 8.27. The maximum Gasteiger partial charge on any atom is 0.306 e. The summed E-state index contributed by atoms with van der Waals surface area (Å²) in [5.74, 6) is 0.0198. The van der Waals surface area contributed by atoms with Crippen LogP contribution >= 0.6 is 0 Å². The van der Waals surface area contributed by atoms with Gasteiger partial charge >= 0.3 is 5.97 Å². The third-order valence-corrected chi connectivity index (χ3v) is 13.3. The molecular weight excluding hydrogens is 666 g/mol. The summed E-state index contributed by atoms with van der Waals surface area (Å²) in [6.45, 7) is 8.17. The molecule has 4 fully saturated rings. The Kier molecular flexibility index (Phi) is 13.4. The summed E-state index contributed by atoms with van der Waals surface area (Å²) >= 11 is 0. The molecule has 2 unspecified atom stereocenters. The number of fused-ring (bicyclic) bond motifs is 5. The highest BCUT2D eigenvalue weighted by Gasteiger charge is 2.52. The number of likely N-dealkylation sites (N-methyl/N-ethyl adjacent to an activating group) is 1. The second-order valence-corrected chi connectivity index (χ2v) is 16.5. The predicted octanol–water partition coefficient (Wildman–Crippen LogP) is 5.49. The molecule has 1 saturated carbocycles. The minimum absolute atomic E-state index is 0.0380. The van der Waals surface area contributed by atoms with Crippen molar-refractivity contribution in [3.8, 4) is 0 Å². The molecule has 0 radical (unpaired) electrons. The number of cyclic esters (lactones) is 1. The van der Waals surface area contributed by atoms with Crippen LogP contribution in [0.1, 0.15) is 85.5 Å². The molecule has 0 amide bonds. The lowest BCUT2D eigenvalue weighted by Crippen LogP contribution is -2.59. The first-order chi connectivity index (χ1) is 25.0. The topological polar surface area (TPSA) is 111 Å². The maximum absolute atomic E-state index is 14.7. The number of nitrogens with zero attached hydrogens (tertiary/aromatic N) is 1. The Bertz CT molecular complexity index is 1290. The standard InChI is InChI=1S/C41H65NO10/c1-10-26-12-11-13-34(52-36-17-16-33(42(5)6)23(3)48-36)22(2)37(44)32-20-30-28(31(32)21-35(43)50-26)15-14-25-18-27(19-29(25)30)51-41-40(47-9)39(46-8)38(45-7)24(4)49-41/h14-15,20,22-31,33-34,36,38-41H,10-13,16-19,21H2,1-9H3/t22-,23-,24+,25-,26+,27-,28-,29?,30?,31+,33+,34+,36+,38+,39-,40-,41+/m1/s1. The first-order valence-corrected chi connectivity index (χ1v) is 20.0. The molecule has 11 nitrogen and oxygen atoms in total. The quantitative estimate of drug-likeness (QED) is 0.222. The van der Waals surface area contributed by atoms with E-state index >= 15 is 0 Å². The summed E-state index contributed by atoms with van der Waals surface area (Å²) in [6.07, 6.45) is 10.8. The van der Waals surface area contributed by atoms with Crippen LogP contribution in [0.15, 0.2) is 23.8 Å². The van der Waals surface area contributed by atoms with Crippen molar-refractivity contribution in [3.63, 3.8) is 0 Å². The lowest BCUT2D eigenvalue weighted by Gasteiger charge is -2.44. The molecule has 17 atom stereocenters. The highest BCUT2D eigenvalue weighted by molar-refractivity contribution is 5.99. The molecule has 294 valence electrons. The van der Waals surface area contributed by atoms with E-state index in [1.54, 1.807) is 21.3 Å². The number of rotatable bonds is 9. The number of ether oxygens (including phenoxy) is 8. The molecule has 11 heteroatoms. The maximum atomic E-state index is 14.7. The van der Waals surface area contributed by atoms with Crippen molar-refractivity contribution in [3.05, 3.63) is 23.8 Å². The van der Waals surface area contributed by atoms with E-state index in [9.17, 15) is 9.59 Å². The van der Waals surface area contributed by atoms with Gasteiger partial charge < -0.3 is 42.8 Å². The average molecular weight is 732 g/mol. The van der Waals surface area contributed by atoms with Crippen molar-refractivity contribution in [2.45, 2.75) is 153 Å². The van der Waals surface area contributed by atoms with Crippen LogP contribution in [0, 0.1) is 35.5 Å². The largest absolute Gasteiger partial charge is 0.462 e. The smallest absolute Gasteiger partial charge is 0.306 e. The second-order valence-electron chi connectivity index (χ2n) is 16.5. The molecule has 0 N–H and O–H groups in total. The number of hydrogen-bond donors (Lipinski definition) is 0. The zero-order valence-electron chi connectivity index (χ0n) is 32.9. The van der Waals surface area contributed by atoms with Crippen LogP contribution in [0.5, 0.6) is 0 Å². The summed E-state index contributed by atoms with van der Waals surface area (Å²) in [4.78, 5) is 30.4. The molecule has 3 aliphatic heterocycles. The summed E-state index contributed by atoms with van der Waals surface area (Å²) in [5.41, 5.74) is 0.763. The molecule has 3 saturated heterocycles. The van der Waals surface area contributed by atoms with Gasteiger partial charge in [0.25, 0.3) is 0 Å². The third-order valence-electron chi connectivity index (χ3n) is 13.3. The lowest BCUT2D eigenvalue weighted by molar-refractivity contribution is -0.314. The fourth-order valence-electron chi connectivity index (χ4n) is 10.4. The van der Waals surface area contributed by atoms with E-state index in [-0.39, 0.29) is 96.8 Å². The van der Waals surface area contributed by atoms with Crippen molar-refractivity contribution < 1.29 is 47.5 Å². The minimum atomic E-state index is -0.594. The van der Waals surface area contributed by atoms with Crippen molar-refractivity contribution in [1.82, 2.24) is 4.90 Å². The Morgan fingerprint density at radius 2 is 1.58 bits per heavy atom. The average Bonchev–Trinajstić information content (AvgIpc) is 3.70. The van der Waals surface area contributed by atoms with Crippen molar-refractivity contribution >= 4 is 11.8 Å². The van der Waals surface area contributed by atoms with Crippen molar-refractivity contribution in [1.29, 1.82) is 0 Å². The molecule has 52 heavy (non-hydrogen) atoms. The van der Waals surface area contributed by atoms with Crippen LogP contribution in [-0.2, 0) is 47.5 Å². The summed E-state index contributed by atoms with van der Waals surface area (Å²) in [6, 6.07) is 0.339. The SMILES string of the molecule is CC[C@H]1CCC[C@H](O[C@H]2CC[C@H](N(C)C)[C@@H](C)O2)[C@@H](C)C(=O)C2=CC3C4C[C@H](O[C@@H]5O[C@@H](C)[C@H](OC)[C@@H](OC)[C@H]5OC)C[C@H]4C=C[C@H]3[C@@H]2CC(=O)O1. The molecule has 0 aromatic carbocycles. The van der Waals surface area contributed by atoms with Gasteiger partial charge in [0.05, 0.1) is 30.8 Å². The second kappa shape index (κ2) is 17.4. The van der Waals surface area contributed by atoms with Gasteiger partial charge in [-0.3, -0.25) is 9.59 Å². The van der Waals surface area contributed by atoms with E-state index in [0.717, 1.165) is 50.5 Å². The molecule has 0 spiro atoms. The fraction of sp³-hybridized carbons (Fsp3) is 0.854. The van der Waals surface area contributed by atoms with E-state index < -0.39 is 12.4 Å². The number of methoxy groups -OCH3 is 3. The Morgan fingerprint density at radius 3 is 2.25 bits per heavy atom. The Labute approximate surface area is 311 Å². The van der Waals surface area contributed by atoms with Crippen LogP contribution in [0.25, 0.3) is 0 Å². The first kappa shape index (κ1) is 40.0. The Balaban J connectivity index is 1.20. The van der Waals surface area contributed by atoms with Gasteiger partial charge in [-0.25, -0.2) is 0 Å². The Hall–Kier alpha value is -1.70.